The number of hydrogen-bond acceptors (Lipinski definition) is 3. The third-order valence-electron chi connectivity index (χ3n) is 4.05. The molecule has 17 heavy (non-hydrogen) atoms. The molecular formula is C14H24N2O. The third kappa shape index (κ3) is 2.90. The van der Waals surface area contributed by atoms with Crippen molar-refractivity contribution in [3.8, 4) is 0 Å². The Labute approximate surface area is 104 Å². The lowest BCUT2D eigenvalue weighted by molar-refractivity contribution is 0.106. The van der Waals surface area contributed by atoms with Crippen LogP contribution in [0.25, 0.3) is 0 Å². The van der Waals surface area contributed by atoms with Gasteiger partial charge in [-0.3, -0.25) is 4.90 Å². The summed E-state index contributed by atoms with van der Waals surface area (Å²) in [5.41, 5.74) is 5.89. The van der Waals surface area contributed by atoms with E-state index >= 15 is 0 Å². The molecule has 0 amide bonds. The number of likely N-dealkylation sites (tertiary alicyclic amines) is 1. The van der Waals surface area contributed by atoms with Gasteiger partial charge in [-0.2, -0.15) is 0 Å². The van der Waals surface area contributed by atoms with Crippen LogP contribution in [0.1, 0.15) is 38.5 Å². The largest absolute Gasteiger partial charge is 0.468 e. The Morgan fingerprint density at radius 1 is 1.41 bits per heavy atom. The number of hydrogen-bond donors (Lipinski definition) is 1. The molecular weight excluding hydrogens is 212 g/mol. The van der Waals surface area contributed by atoms with Crippen molar-refractivity contribution in [1.82, 2.24) is 4.90 Å². The second kappa shape index (κ2) is 5.69. The highest BCUT2D eigenvalue weighted by molar-refractivity contribution is 5.05. The molecule has 0 bridgehead atoms. The van der Waals surface area contributed by atoms with Gasteiger partial charge in [0.25, 0.3) is 0 Å². The summed E-state index contributed by atoms with van der Waals surface area (Å²) in [7, 11) is 0. The zero-order chi connectivity index (χ0) is 12.3. The first-order valence-electron chi connectivity index (χ1n) is 6.70. The van der Waals surface area contributed by atoms with Gasteiger partial charge in [-0.25, -0.2) is 0 Å². The molecule has 1 atom stereocenters. The maximum atomic E-state index is 5.89. The van der Waals surface area contributed by atoms with E-state index in [4.69, 9.17) is 10.2 Å². The molecule has 0 spiro atoms. The zero-order valence-electron chi connectivity index (χ0n) is 10.9. The molecule has 3 nitrogen and oxygen atoms in total. The van der Waals surface area contributed by atoms with Gasteiger partial charge in [0, 0.05) is 6.54 Å². The van der Waals surface area contributed by atoms with Crippen molar-refractivity contribution in [2.24, 2.45) is 17.6 Å². The van der Waals surface area contributed by atoms with Gasteiger partial charge in [-0.1, -0.05) is 13.8 Å². The van der Waals surface area contributed by atoms with E-state index in [1.54, 1.807) is 6.26 Å². The first-order valence-corrected chi connectivity index (χ1v) is 6.70. The van der Waals surface area contributed by atoms with Crippen LogP contribution in [-0.4, -0.2) is 24.5 Å². The van der Waals surface area contributed by atoms with Gasteiger partial charge >= 0.3 is 0 Å². The Balaban J connectivity index is 1.95. The highest BCUT2D eigenvalue weighted by Crippen LogP contribution is 2.29. The van der Waals surface area contributed by atoms with Crippen molar-refractivity contribution in [2.45, 2.75) is 32.7 Å². The fraction of sp³-hybridized carbons (Fsp3) is 0.714. The summed E-state index contributed by atoms with van der Waals surface area (Å²) in [6.07, 6.45) is 4.31. The highest BCUT2D eigenvalue weighted by atomic mass is 16.3. The Morgan fingerprint density at radius 2 is 2.12 bits per heavy atom. The second-order valence-corrected chi connectivity index (χ2v) is 5.38. The molecule has 2 N–H and O–H groups in total. The average Bonchev–Trinajstić information content (AvgIpc) is 2.84. The van der Waals surface area contributed by atoms with E-state index < -0.39 is 0 Å². The van der Waals surface area contributed by atoms with Crippen LogP contribution in [0.4, 0.5) is 0 Å². The molecule has 0 aromatic carbocycles. The van der Waals surface area contributed by atoms with E-state index in [1.807, 2.05) is 12.1 Å². The molecule has 1 aliphatic heterocycles. The van der Waals surface area contributed by atoms with Crippen LogP contribution < -0.4 is 5.73 Å². The average molecular weight is 236 g/mol. The smallest absolute Gasteiger partial charge is 0.122 e. The van der Waals surface area contributed by atoms with E-state index in [1.165, 1.54) is 12.8 Å². The first-order chi connectivity index (χ1) is 8.22. The van der Waals surface area contributed by atoms with Crippen molar-refractivity contribution < 1.29 is 4.42 Å². The summed E-state index contributed by atoms with van der Waals surface area (Å²) in [5.74, 6) is 2.69. The second-order valence-electron chi connectivity index (χ2n) is 5.38. The molecule has 1 aliphatic rings. The van der Waals surface area contributed by atoms with Gasteiger partial charge in [-0.15, -0.1) is 0 Å². The van der Waals surface area contributed by atoms with Crippen molar-refractivity contribution in [3.63, 3.8) is 0 Å². The van der Waals surface area contributed by atoms with E-state index in [9.17, 15) is 0 Å². The first kappa shape index (κ1) is 12.7. The molecule has 0 radical (unpaired) electrons. The minimum Gasteiger partial charge on any atom is -0.468 e. The topological polar surface area (TPSA) is 42.4 Å². The summed E-state index contributed by atoms with van der Waals surface area (Å²) >= 11 is 0. The standard InChI is InChI=1S/C14H24N2O/c1-11(2)12-5-7-16(8-6-12)13(10-15)14-4-3-9-17-14/h3-4,9,11-13H,5-8,10,15H2,1-2H3. The molecule has 0 saturated carbocycles. The lowest BCUT2D eigenvalue weighted by atomic mass is 9.86. The van der Waals surface area contributed by atoms with Crippen molar-refractivity contribution >= 4 is 0 Å². The highest BCUT2D eigenvalue weighted by Gasteiger charge is 2.27. The van der Waals surface area contributed by atoms with Crippen LogP contribution >= 0.6 is 0 Å². The zero-order valence-corrected chi connectivity index (χ0v) is 10.9. The summed E-state index contributed by atoms with van der Waals surface area (Å²) < 4.78 is 5.49. The molecule has 3 heteroatoms. The monoisotopic (exact) mass is 236 g/mol. The van der Waals surface area contributed by atoms with Crippen LogP contribution in [0.15, 0.2) is 22.8 Å². The minimum absolute atomic E-state index is 0.262. The molecule has 2 heterocycles. The van der Waals surface area contributed by atoms with Gasteiger partial charge in [0.05, 0.1) is 12.3 Å². The predicted molar refractivity (Wildman–Crippen MR) is 69.6 cm³/mol. The lowest BCUT2D eigenvalue weighted by Crippen LogP contribution is -2.40. The minimum atomic E-state index is 0.262. The normalized spacial score (nSPS) is 20.9. The number of nitrogens with two attached hydrogens (primary N) is 1. The summed E-state index contributed by atoms with van der Waals surface area (Å²) in [6, 6.07) is 4.24. The SMILES string of the molecule is CC(C)C1CCN(C(CN)c2ccco2)CC1. The number of furan rings is 1. The summed E-state index contributed by atoms with van der Waals surface area (Å²) in [4.78, 5) is 2.47. The number of piperidine rings is 1. The van der Waals surface area contributed by atoms with Gasteiger partial charge < -0.3 is 10.2 Å². The Bertz CT molecular complexity index is 313. The van der Waals surface area contributed by atoms with Crippen LogP contribution in [0.2, 0.25) is 0 Å². The van der Waals surface area contributed by atoms with Gasteiger partial charge in [0.2, 0.25) is 0 Å². The quantitative estimate of drug-likeness (QED) is 0.874. The maximum absolute atomic E-state index is 5.89. The van der Waals surface area contributed by atoms with Crippen LogP contribution in [0.3, 0.4) is 0 Å². The Hall–Kier alpha value is -0.800. The van der Waals surface area contributed by atoms with Gasteiger partial charge in [-0.05, 0) is 49.9 Å². The van der Waals surface area contributed by atoms with Crippen molar-refractivity contribution in [2.75, 3.05) is 19.6 Å². The Kier molecular flexibility index (Phi) is 4.24. The molecule has 1 saturated heterocycles. The lowest BCUT2D eigenvalue weighted by Gasteiger charge is -2.37. The summed E-state index contributed by atoms with van der Waals surface area (Å²) in [5, 5.41) is 0. The van der Waals surface area contributed by atoms with Crippen molar-refractivity contribution in [1.29, 1.82) is 0 Å². The number of rotatable bonds is 4. The molecule has 1 unspecified atom stereocenters. The van der Waals surface area contributed by atoms with E-state index in [0.29, 0.717) is 6.54 Å². The molecule has 1 aromatic rings. The van der Waals surface area contributed by atoms with Gasteiger partial charge in [0.15, 0.2) is 0 Å². The van der Waals surface area contributed by atoms with Gasteiger partial charge in [0.1, 0.15) is 5.76 Å². The molecule has 1 aromatic heterocycles. The molecule has 0 aliphatic carbocycles. The van der Waals surface area contributed by atoms with E-state index in [0.717, 1.165) is 30.7 Å². The summed E-state index contributed by atoms with van der Waals surface area (Å²) in [6.45, 7) is 7.58. The molecule has 1 fully saturated rings. The van der Waals surface area contributed by atoms with Crippen LogP contribution in [0, 0.1) is 11.8 Å². The van der Waals surface area contributed by atoms with E-state index in [-0.39, 0.29) is 6.04 Å². The van der Waals surface area contributed by atoms with Crippen molar-refractivity contribution in [3.05, 3.63) is 24.2 Å². The fourth-order valence-electron chi connectivity index (χ4n) is 2.82. The van der Waals surface area contributed by atoms with Crippen LogP contribution in [0.5, 0.6) is 0 Å². The number of nitrogens with zero attached hydrogens (tertiary/aromatic N) is 1. The maximum Gasteiger partial charge on any atom is 0.122 e. The molecule has 96 valence electrons. The third-order valence-corrected chi connectivity index (χ3v) is 4.05. The fourth-order valence-corrected chi connectivity index (χ4v) is 2.82. The molecule has 2 rings (SSSR count). The Morgan fingerprint density at radius 3 is 2.59 bits per heavy atom. The predicted octanol–water partition coefficient (Wildman–Crippen LogP) is 2.65. The van der Waals surface area contributed by atoms with E-state index in [2.05, 4.69) is 18.7 Å². The van der Waals surface area contributed by atoms with Crippen LogP contribution in [-0.2, 0) is 0 Å².